The zero-order valence-corrected chi connectivity index (χ0v) is 75.8. The Bertz CT molecular complexity index is 9060. The molecule has 19 aromatic carbocycles. The van der Waals surface area contributed by atoms with Crippen LogP contribution in [0.25, 0.3) is 190 Å². The average molecular weight is 1760 g/mol. The van der Waals surface area contributed by atoms with Gasteiger partial charge in [-0.2, -0.15) is 0 Å². The van der Waals surface area contributed by atoms with Gasteiger partial charge in [0.05, 0.1) is 32.9 Å². The second-order valence-electron chi connectivity index (χ2n) is 38.5. The Morgan fingerprint density at radius 2 is 0.594 bits per heavy atom. The molecule has 0 amide bonds. The number of fused-ring (bicyclic) bond motifs is 32. The monoisotopic (exact) mass is 1760 g/mol. The summed E-state index contributed by atoms with van der Waals surface area (Å²) in [5.74, 6) is 6.79. The molecule has 10 nitrogen and oxygen atoms in total. The van der Waals surface area contributed by atoms with E-state index in [0.717, 1.165) is 173 Å². The van der Waals surface area contributed by atoms with E-state index in [4.69, 9.17) is 39.4 Å². The standard InChI is InChI=1S/C128H82N8O2/c1-125(2)97-42-20-18-39-89(97)115-105(125)66-61-88-93-71-82(59-67-107(93)136(118(88)115)84-36-15-8-16-37-84)81-56-63-98-91(70-81)92-73-83(57-64-99(92)127(98)101-43-21-25-48-110(101)137-111-49-26-22-44-102(111)127)123-131-119(76-30-9-5-10-31-76)129-122(132-123)79-54-52-75(53-55-79)80-58-68-108-95(72-80)116-109(69-62-87-86-38-17-19-41-96(86)126(3,4)117(87)116)135(108)85-60-65-100-94(74-85)114-90(124-133-120(77-32-11-6-12-33-77)130-121(134-124)78-34-13-7-14-35-78)40-29-47-106(114)128(100)103-45-23-27-50-112(103)138-113-51-28-24-46-104(113)128/h5-74H,1-4H3. The van der Waals surface area contributed by atoms with Gasteiger partial charge in [-0.05, 0) is 197 Å². The predicted molar refractivity (Wildman–Crippen MR) is 555 cm³/mol. The molecule has 2 spiro atoms. The molecule has 4 aromatic heterocycles. The lowest BCUT2D eigenvalue weighted by Crippen LogP contribution is -2.32. The Labute approximate surface area is 796 Å². The first-order chi connectivity index (χ1) is 67.9. The number of benzene rings is 19. The highest BCUT2D eigenvalue weighted by Crippen LogP contribution is 2.67. The van der Waals surface area contributed by atoms with Gasteiger partial charge in [0.25, 0.3) is 0 Å². The molecule has 29 rings (SSSR count). The third-order valence-electron chi connectivity index (χ3n) is 30.8. The van der Waals surface area contributed by atoms with Gasteiger partial charge in [0.1, 0.15) is 23.0 Å². The second kappa shape index (κ2) is 29.0. The number of hydrogen-bond donors (Lipinski definition) is 0. The third-order valence-corrected chi connectivity index (χ3v) is 30.8. The molecule has 4 aliphatic carbocycles. The molecule has 0 bridgehead atoms. The van der Waals surface area contributed by atoms with Gasteiger partial charge in [-0.1, -0.05) is 361 Å². The summed E-state index contributed by atoms with van der Waals surface area (Å²) in [6.45, 7) is 9.55. The van der Waals surface area contributed by atoms with E-state index in [1.54, 1.807) is 0 Å². The number of rotatable bonds is 10. The summed E-state index contributed by atoms with van der Waals surface area (Å²) in [7, 11) is 0. The van der Waals surface area contributed by atoms with Crippen molar-refractivity contribution >= 4 is 43.6 Å². The van der Waals surface area contributed by atoms with Crippen LogP contribution in [-0.2, 0) is 21.7 Å². The summed E-state index contributed by atoms with van der Waals surface area (Å²) in [6, 6.07) is 155. The van der Waals surface area contributed by atoms with Crippen LogP contribution in [0.1, 0.15) is 94.5 Å². The van der Waals surface area contributed by atoms with Crippen LogP contribution in [0, 0.1) is 0 Å². The molecule has 646 valence electrons. The Balaban J connectivity index is 0.582. The number of hydrogen-bond acceptors (Lipinski definition) is 8. The first-order valence-corrected chi connectivity index (χ1v) is 47.5. The molecule has 0 unspecified atom stereocenters. The predicted octanol–water partition coefficient (Wildman–Crippen LogP) is 31.1. The summed E-state index contributed by atoms with van der Waals surface area (Å²) in [5, 5.41) is 4.80. The molecule has 0 fully saturated rings. The van der Waals surface area contributed by atoms with Crippen molar-refractivity contribution in [2.45, 2.75) is 49.4 Å². The van der Waals surface area contributed by atoms with Crippen molar-refractivity contribution < 1.29 is 9.47 Å². The molecule has 2 aliphatic heterocycles. The van der Waals surface area contributed by atoms with E-state index in [9.17, 15) is 0 Å². The quantitative estimate of drug-likeness (QED) is 0.133. The van der Waals surface area contributed by atoms with Crippen LogP contribution < -0.4 is 9.47 Å². The van der Waals surface area contributed by atoms with Crippen molar-refractivity contribution in [3.8, 4) is 169 Å². The highest BCUT2D eigenvalue weighted by atomic mass is 16.5. The van der Waals surface area contributed by atoms with Crippen LogP contribution in [0.5, 0.6) is 23.0 Å². The van der Waals surface area contributed by atoms with Crippen LogP contribution in [0.4, 0.5) is 0 Å². The molecule has 0 saturated heterocycles. The van der Waals surface area contributed by atoms with Gasteiger partial charge in [0.2, 0.25) is 0 Å². The van der Waals surface area contributed by atoms with Gasteiger partial charge in [-0.25, -0.2) is 29.9 Å². The summed E-state index contributed by atoms with van der Waals surface area (Å²) < 4.78 is 18.9. The number of ether oxygens (including phenoxy) is 2. The number of para-hydroxylation sites is 5. The van der Waals surface area contributed by atoms with Crippen LogP contribution in [0.3, 0.4) is 0 Å². The van der Waals surface area contributed by atoms with E-state index < -0.39 is 10.8 Å². The zero-order chi connectivity index (χ0) is 91.2. The van der Waals surface area contributed by atoms with Crippen molar-refractivity contribution in [1.82, 2.24) is 39.0 Å². The molecule has 0 N–H and O–H groups in total. The smallest absolute Gasteiger partial charge is 0.164 e. The number of nitrogens with zero attached hydrogens (tertiary/aromatic N) is 8. The third kappa shape index (κ3) is 10.9. The summed E-state index contributed by atoms with van der Waals surface area (Å²) in [4.78, 5) is 32.6. The van der Waals surface area contributed by atoms with E-state index in [1.165, 1.54) is 71.7 Å². The Hall–Kier alpha value is -17.6. The van der Waals surface area contributed by atoms with Crippen molar-refractivity contribution in [3.63, 3.8) is 0 Å². The second-order valence-corrected chi connectivity index (χ2v) is 38.5. The average Bonchev–Trinajstić information content (AvgIpc) is 1.49. The van der Waals surface area contributed by atoms with E-state index in [0.29, 0.717) is 34.9 Å². The highest BCUT2D eigenvalue weighted by molar-refractivity contribution is 6.18. The van der Waals surface area contributed by atoms with Crippen LogP contribution in [0.15, 0.2) is 425 Å². The lowest BCUT2D eigenvalue weighted by molar-refractivity contribution is 0.436. The molecule has 0 saturated carbocycles. The topological polar surface area (TPSA) is 106 Å². The van der Waals surface area contributed by atoms with E-state index in [2.05, 4.69) is 419 Å². The SMILES string of the molecule is CC1(C)c2ccccc2-c2c1ccc1c3cc(-c4ccc5c(c4)-c4cc(-c6nc(-c7ccccc7)nc(-c7ccc(-c8ccc9c(c8)c8c%10c(ccc8n9-c8ccc9c(c8)-c8c(-c%11nc(-c%12ccccc%12)nc(-c%12ccccc%12)n%11)cccc8C98c9ccccc9Oc9ccccc98)-c8ccccc8C%10(C)C)cc7)n6)ccc4C54c5ccccc5Oc5ccccc54)ccc3n(-c3ccccc3)c21. The summed E-state index contributed by atoms with van der Waals surface area (Å²) in [6.07, 6.45) is 0. The Morgan fingerprint density at radius 3 is 1.17 bits per heavy atom. The Morgan fingerprint density at radius 1 is 0.203 bits per heavy atom. The van der Waals surface area contributed by atoms with Gasteiger partial charge in [-0.3, -0.25) is 0 Å². The molecular weight excluding hydrogens is 1680 g/mol. The van der Waals surface area contributed by atoms with E-state index >= 15 is 0 Å². The molecule has 6 heterocycles. The molecule has 10 heteroatoms. The van der Waals surface area contributed by atoms with Crippen LogP contribution in [0.2, 0.25) is 0 Å². The Kier molecular flexibility index (Phi) is 16.4. The maximum atomic E-state index is 6.95. The first kappa shape index (κ1) is 77.9. The zero-order valence-electron chi connectivity index (χ0n) is 75.8. The van der Waals surface area contributed by atoms with Crippen molar-refractivity contribution in [2.24, 2.45) is 0 Å². The normalized spacial score (nSPS) is 14.3. The molecule has 6 aliphatic rings. The van der Waals surface area contributed by atoms with Gasteiger partial charge in [-0.15, -0.1) is 0 Å². The first-order valence-electron chi connectivity index (χ1n) is 47.5. The minimum absolute atomic E-state index is 0.167. The van der Waals surface area contributed by atoms with Gasteiger partial charge >= 0.3 is 0 Å². The lowest BCUT2D eigenvalue weighted by atomic mass is 9.66. The van der Waals surface area contributed by atoms with Crippen LogP contribution >= 0.6 is 0 Å². The fraction of sp³-hybridized carbons (Fsp3) is 0.0625. The van der Waals surface area contributed by atoms with Crippen molar-refractivity contribution in [3.05, 3.63) is 491 Å². The molecule has 0 atom stereocenters. The number of aromatic nitrogens is 8. The van der Waals surface area contributed by atoms with Crippen LogP contribution in [-0.4, -0.2) is 39.0 Å². The van der Waals surface area contributed by atoms with E-state index in [-0.39, 0.29) is 10.8 Å². The molecule has 23 aromatic rings. The van der Waals surface area contributed by atoms with Gasteiger partial charge in [0.15, 0.2) is 34.9 Å². The molecule has 138 heavy (non-hydrogen) atoms. The highest BCUT2D eigenvalue weighted by Gasteiger charge is 2.54. The molecule has 0 radical (unpaired) electrons. The van der Waals surface area contributed by atoms with E-state index in [1.807, 2.05) is 42.5 Å². The molecular formula is C128H82N8O2. The lowest BCUT2D eigenvalue weighted by Gasteiger charge is -2.39. The minimum Gasteiger partial charge on any atom is -0.457 e. The fourth-order valence-corrected chi connectivity index (χ4v) is 24.7. The minimum atomic E-state index is -0.803. The largest absolute Gasteiger partial charge is 0.457 e. The fourth-order valence-electron chi connectivity index (χ4n) is 24.7. The van der Waals surface area contributed by atoms with Crippen molar-refractivity contribution in [1.29, 1.82) is 0 Å². The maximum absolute atomic E-state index is 6.95. The summed E-state index contributed by atoms with van der Waals surface area (Å²) >= 11 is 0. The van der Waals surface area contributed by atoms with Gasteiger partial charge < -0.3 is 18.6 Å². The van der Waals surface area contributed by atoms with Crippen molar-refractivity contribution in [2.75, 3.05) is 0 Å². The maximum Gasteiger partial charge on any atom is 0.164 e. The summed E-state index contributed by atoms with van der Waals surface area (Å²) in [5.41, 5.74) is 38.2. The van der Waals surface area contributed by atoms with Gasteiger partial charge in [0, 0.05) is 105 Å².